The fourth-order valence-corrected chi connectivity index (χ4v) is 33.3. The molecule has 7 heteroatoms. The molecule has 0 aromatic heterocycles. The van der Waals surface area contributed by atoms with Crippen LogP contribution in [0.15, 0.2) is 267 Å². The number of non-ortho nitro benzene ring substituents is 1. The maximum atomic E-state index is 12.8. The molecule has 416 valence electrons. The van der Waals surface area contributed by atoms with Crippen molar-refractivity contribution in [2.24, 2.45) is 0 Å². The molecule has 0 saturated carbocycles. The number of aryl methyl sites for hydroxylation is 2. The number of nitro benzene ring substituents is 1. The van der Waals surface area contributed by atoms with E-state index in [0.29, 0.717) is 0 Å². The second kappa shape index (κ2) is 17.4. The number of nitro groups is 1. The Morgan fingerprint density at radius 3 is 1.10 bits per heavy atom. The van der Waals surface area contributed by atoms with Gasteiger partial charge in [0, 0.05) is 0 Å². The summed E-state index contributed by atoms with van der Waals surface area (Å²) in [6.07, 6.45) is 0. The van der Waals surface area contributed by atoms with Crippen molar-refractivity contribution in [2.75, 3.05) is 4.90 Å². The van der Waals surface area contributed by atoms with E-state index >= 15 is 0 Å². The van der Waals surface area contributed by atoms with Crippen molar-refractivity contribution in [3.8, 4) is 89.8 Å². The summed E-state index contributed by atoms with van der Waals surface area (Å²) in [7, 11) is 0. The third-order valence-corrected chi connectivity index (χ3v) is 34.9. The molecular formula is C82H50N2O4Sn. The van der Waals surface area contributed by atoms with Crippen LogP contribution in [-0.4, -0.2) is 23.3 Å². The number of fused-ring (bicyclic) bond motifs is 20. The molecule has 0 bridgehead atoms. The molecule has 7 aliphatic rings. The van der Waals surface area contributed by atoms with E-state index in [1.54, 1.807) is 12.1 Å². The third-order valence-electron chi connectivity index (χ3n) is 20.9. The first-order valence-corrected chi connectivity index (χ1v) is 36.3. The first-order chi connectivity index (χ1) is 43.8. The molecule has 0 N–H and O–H groups in total. The molecule has 0 amide bonds. The SMILES string of the molecule is Cc1ccc(N2c3ccc(-c4ccc5c(c4)C4(c6ccccc6-c6ccccc64)c4ccccc4-5)c4[c]3[Sn]3([c]5ccc([N+](=O)[O-])cc5)[c]5c(cc(C)cc5Oc5c(-c6ccc7c(c6)C6(c8ccccc8-c8ccccc86)c6ccccc6-7)ccc2[c]53)O4)cc1. The van der Waals surface area contributed by atoms with Crippen molar-refractivity contribution in [3.63, 3.8) is 0 Å². The molecule has 0 radical (unpaired) electrons. The molecule has 89 heavy (non-hydrogen) atoms. The Morgan fingerprint density at radius 1 is 0.360 bits per heavy atom. The first-order valence-electron chi connectivity index (χ1n) is 30.6. The standard InChI is InChI=1S/C76H46NO2.C6H4NO2.Sn/c1-46-27-31-50(32-28-46)77-51-33-37-55(48-29-35-63-61-19-7-13-25-69(61)75(71(63)41-48)65-21-9-3-15-57(65)58-16-4-10-22-66(58)75)73(43-51)78-53-39-47(2)40-54(45-53)79-74-44-52(77)34-38-56(74)49-30-36-64-62-20-8-14-26-70(62)76(72(64)42-49)67-23-11-5-17-59(67)60-18-6-12-24-68(60)76;8-7(9)6-4-2-1-3-5-6;/h3-42H,1-2H3;2-5H;. The average molecular weight is 1250 g/mol. The number of hydrogen-bond acceptors (Lipinski definition) is 5. The van der Waals surface area contributed by atoms with E-state index in [4.69, 9.17) is 9.47 Å². The van der Waals surface area contributed by atoms with E-state index in [1.165, 1.54) is 89.0 Å². The summed E-state index contributed by atoms with van der Waals surface area (Å²) in [6, 6.07) is 98.1. The number of ether oxygens (including phenoxy) is 2. The van der Waals surface area contributed by atoms with E-state index in [0.717, 1.165) is 87.8 Å². The molecule has 2 spiro atoms. The van der Waals surface area contributed by atoms with E-state index in [2.05, 4.69) is 274 Å². The van der Waals surface area contributed by atoms with Gasteiger partial charge in [-0.1, -0.05) is 0 Å². The van der Waals surface area contributed by atoms with Gasteiger partial charge in [-0.05, 0) is 0 Å². The molecular weight excluding hydrogens is 1200 g/mol. The zero-order valence-electron chi connectivity index (χ0n) is 48.4. The van der Waals surface area contributed by atoms with Crippen LogP contribution in [0.2, 0.25) is 0 Å². The van der Waals surface area contributed by atoms with Gasteiger partial charge in [0.05, 0.1) is 0 Å². The van der Waals surface area contributed by atoms with Gasteiger partial charge in [-0.3, -0.25) is 0 Å². The van der Waals surface area contributed by atoms with E-state index < -0.39 is 29.2 Å². The second-order valence-corrected chi connectivity index (χ2v) is 35.2. The second-order valence-electron chi connectivity index (χ2n) is 25.0. The Labute approximate surface area is 518 Å². The van der Waals surface area contributed by atoms with Crippen LogP contribution in [0.1, 0.15) is 55.6 Å². The van der Waals surface area contributed by atoms with Gasteiger partial charge in [0.25, 0.3) is 0 Å². The molecule has 13 aromatic carbocycles. The van der Waals surface area contributed by atoms with Gasteiger partial charge in [0.15, 0.2) is 0 Å². The minimum absolute atomic E-state index is 0.0490. The summed E-state index contributed by atoms with van der Waals surface area (Å²) in [5.41, 5.74) is 28.4. The topological polar surface area (TPSA) is 64.8 Å². The number of benzene rings is 13. The molecule has 3 heterocycles. The summed E-state index contributed by atoms with van der Waals surface area (Å²) in [4.78, 5) is 14.9. The summed E-state index contributed by atoms with van der Waals surface area (Å²) in [5, 5.41) is 12.8. The summed E-state index contributed by atoms with van der Waals surface area (Å²) in [6.45, 7) is 4.26. The van der Waals surface area contributed by atoms with Crippen LogP contribution in [0, 0.1) is 24.0 Å². The van der Waals surface area contributed by atoms with Crippen LogP contribution >= 0.6 is 0 Å². The van der Waals surface area contributed by atoms with Gasteiger partial charge < -0.3 is 0 Å². The Morgan fingerprint density at radius 2 is 0.719 bits per heavy atom. The third kappa shape index (κ3) is 5.99. The van der Waals surface area contributed by atoms with E-state index in [1.807, 2.05) is 0 Å². The molecule has 6 nitrogen and oxygen atoms in total. The minimum atomic E-state index is -5.07. The quantitative estimate of drug-likeness (QED) is 0.0976. The van der Waals surface area contributed by atoms with Gasteiger partial charge in [0.1, 0.15) is 0 Å². The van der Waals surface area contributed by atoms with Gasteiger partial charge in [0.2, 0.25) is 0 Å². The predicted molar refractivity (Wildman–Crippen MR) is 358 cm³/mol. The summed E-state index contributed by atoms with van der Waals surface area (Å²) in [5.74, 6) is 3.17. The molecule has 4 aliphatic carbocycles. The number of rotatable bonds is 5. The Hall–Kier alpha value is -10.5. The van der Waals surface area contributed by atoms with Crippen molar-refractivity contribution >= 4 is 55.4 Å². The van der Waals surface area contributed by atoms with E-state index in [9.17, 15) is 10.1 Å². The van der Waals surface area contributed by atoms with Crippen molar-refractivity contribution in [3.05, 3.63) is 333 Å². The molecule has 13 aromatic rings. The van der Waals surface area contributed by atoms with Crippen LogP contribution in [-0.2, 0) is 10.8 Å². The molecule has 0 saturated heterocycles. The zero-order valence-corrected chi connectivity index (χ0v) is 51.3. The van der Waals surface area contributed by atoms with Crippen LogP contribution in [0.25, 0.3) is 66.8 Å². The monoisotopic (exact) mass is 1250 g/mol. The number of nitrogens with zero attached hydrogens (tertiary/aromatic N) is 2. The van der Waals surface area contributed by atoms with E-state index in [-0.39, 0.29) is 10.6 Å². The Bertz CT molecular complexity index is 5010. The summed E-state index contributed by atoms with van der Waals surface area (Å²) >= 11 is -5.07. The number of hydrogen-bond donors (Lipinski definition) is 0. The number of anilines is 3. The van der Waals surface area contributed by atoms with Crippen molar-refractivity contribution < 1.29 is 14.4 Å². The summed E-state index contributed by atoms with van der Waals surface area (Å²) < 4.78 is 20.0. The van der Waals surface area contributed by atoms with Crippen molar-refractivity contribution in [1.29, 1.82) is 0 Å². The van der Waals surface area contributed by atoms with Crippen molar-refractivity contribution in [1.82, 2.24) is 0 Å². The van der Waals surface area contributed by atoms with Gasteiger partial charge in [-0.2, -0.15) is 0 Å². The maximum absolute atomic E-state index is 12.8. The van der Waals surface area contributed by atoms with Gasteiger partial charge in [-0.15, -0.1) is 0 Å². The fraction of sp³-hybridized carbons (Fsp3) is 0.0488. The molecule has 20 rings (SSSR count). The van der Waals surface area contributed by atoms with Crippen LogP contribution in [0.3, 0.4) is 0 Å². The van der Waals surface area contributed by atoms with Crippen LogP contribution in [0.5, 0.6) is 23.0 Å². The molecule has 0 unspecified atom stereocenters. The first kappa shape index (κ1) is 49.6. The molecule has 0 atom stereocenters. The molecule has 0 fully saturated rings. The zero-order chi connectivity index (χ0) is 58.8. The van der Waals surface area contributed by atoms with Crippen molar-refractivity contribution in [2.45, 2.75) is 24.7 Å². The van der Waals surface area contributed by atoms with Gasteiger partial charge >= 0.3 is 522 Å². The Kier molecular flexibility index (Phi) is 9.67. The Balaban J connectivity index is 0.887. The predicted octanol–water partition coefficient (Wildman–Crippen LogP) is 17.6. The normalized spacial score (nSPS) is 15.1. The fourth-order valence-electron chi connectivity index (χ4n) is 17.6. The average Bonchev–Trinajstić information content (AvgIpc) is 1.43. The van der Waals surface area contributed by atoms with Crippen LogP contribution < -0.4 is 28.7 Å². The van der Waals surface area contributed by atoms with Crippen LogP contribution in [0.4, 0.5) is 22.7 Å². The van der Waals surface area contributed by atoms with Gasteiger partial charge in [-0.25, -0.2) is 0 Å². The molecule has 3 aliphatic heterocycles.